The van der Waals surface area contributed by atoms with Crippen molar-refractivity contribution in [3.63, 3.8) is 0 Å². The molecule has 5 rings (SSSR count). The highest BCUT2D eigenvalue weighted by Crippen LogP contribution is 2.37. The number of nitrogens with zero attached hydrogens (tertiary/aromatic N) is 2. The van der Waals surface area contributed by atoms with Gasteiger partial charge in [0.2, 0.25) is 0 Å². The summed E-state index contributed by atoms with van der Waals surface area (Å²) in [7, 11) is 0. The molecular weight excluding hydrogens is 340 g/mol. The first-order valence-corrected chi connectivity index (χ1v) is 9.02. The number of hydrogen-bond donors (Lipinski definition) is 0. The molecule has 0 unspecified atom stereocenters. The number of rotatable bonds is 3. The van der Waals surface area contributed by atoms with Crippen molar-refractivity contribution in [2.24, 2.45) is 0 Å². The summed E-state index contributed by atoms with van der Waals surface area (Å²) in [5.74, 6) is 1.58. The van der Waals surface area contributed by atoms with Gasteiger partial charge < -0.3 is 8.94 Å². The lowest BCUT2D eigenvalue weighted by Crippen LogP contribution is -1.73. The number of para-hydroxylation sites is 1. The Kier molecular flexibility index (Phi) is 3.11. The summed E-state index contributed by atoms with van der Waals surface area (Å²) in [5.41, 5.74) is 1.74. The highest BCUT2D eigenvalue weighted by molar-refractivity contribution is 7.23. The number of thiophene rings is 1. The Morgan fingerprint density at radius 2 is 1.83 bits per heavy atom. The molecule has 0 atom stereocenters. The number of benzene rings is 1. The average molecular weight is 350 g/mol. The van der Waals surface area contributed by atoms with Crippen molar-refractivity contribution in [1.82, 2.24) is 10.1 Å². The van der Waals surface area contributed by atoms with Crippen LogP contribution in [-0.4, -0.2) is 10.1 Å². The van der Waals surface area contributed by atoms with E-state index in [2.05, 4.69) is 11.2 Å². The zero-order chi connectivity index (χ0) is 15.9. The molecular formula is C18H10N2O2S2. The molecule has 0 saturated heterocycles. The molecule has 24 heavy (non-hydrogen) atoms. The van der Waals surface area contributed by atoms with Crippen molar-refractivity contribution in [2.45, 2.75) is 0 Å². The standard InChI is InChI=1S/C18H10N2O2S2/c1-2-4-13-11(3-1)9-15(21-13)12-10-23-18(20-12)17-6-5-16(24-17)14-7-8-19-22-14/h1-10H. The van der Waals surface area contributed by atoms with E-state index in [9.17, 15) is 0 Å². The van der Waals surface area contributed by atoms with Gasteiger partial charge in [0.05, 0.1) is 16.0 Å². The van der Waals surface area contributed by atoms with Crippen LogP contribution < -0.4 is 0 Å². The van der Waals surface area contributed by atoms with Gasteiger partial charge in [-0.3, -0.25) is 0 Å². The second kappa shape index (κ2) is 5.43. The third-order valence-electron chi connectivity index (χ3n) is 3.68. The SMILES string of the molecule is c1ccc2oc(-c3csc(-c4ccc(-c5ccno5)s4)n3)cc2c1. The van der Waals surface area contributed by atoms with E-state index in [0.717, 1.165) is 42.9 Å². The van der Waals surface area contributed by atoms with Crippen LogP contribution in [-0.2, 0) is 0 Å². The molecule has 0 saturated carbocycles. The Hall–Kier alpha value is -2.70. The van der Waals surface area contributed by atoms with E-state index in [4.69, 9.17) is 13.9 Å². The molecule has 5 aromatic rings. The lowest BCUT2D eigenvalue weighted by molar-refractivity contribution is 0.433. The highest BCUT2D eigenvalue weighted by Gasteiger charge is 2.14. The van der Waals surface area contributed by atoms with Crippen molar-refractivity contribution in [2.75, 3.05) is 0 Å². The fourth-order valence-electron chi connectivity index (χ4n) is 2.54. The molecule has 4 aromatic heterocycles. The Morgan fingerprint density at radius 1 is 0.917 bits per heavy atom. The minimum absolute atomic E-state index is 0.778. The van der Waals surface area contributed by atoms with Gasteiger partial charge in [-0.25, -0.2) is 4.98 Å². The quantitative estimate of drug-likeness (QED) is 0.404. The number of aromatic nitrogens is 2. The first kappa shape index (κ1) is 13.7. The number of fused-ring (bicyclic) bond motifs is 1. The Balaban J connectivity index is 1.51. The maximum absolute atomic E-state index is 5.89. The predicted octanol–water partition coefficient (Wildman–Crippen LogP) is 5.94. The van der Waals surface area contributed by atoms with E-state index < -0.39 is 0 Å². The van der Waals surface area contributed by atoms with Gasteiger partial charge in [0, 0.05) is 16.8 Å². The summed E-state index contributed by atoms with van der Waals surface area (Å²) in [4.78, 5) is 6.88. The zero-order valence-corrected chi connectivity index (χ0v) is 13.9. The van der Waals surface area contributed by atoms with Gasteiger partial charge in [-0.15, -0.1) is 22.7 Å². The number of furan rings is 1. The van der Waals surface area contributed by atoms with Crippen molar-refractivity contribution in [1.29, 1.82) is 0 Å². The minimum Gasteiger partial charge on any atom is -0.454 e. The molecule has 0 amide bonds. The van der Waals surface area contributed by atoms with Crippen molar-refractivity contribution in [3.05, 3.63) is 60.1 Å². The summed E-state index contributed by atoms with van der Waals surface area (Å²) in [6.45, 7) is 0. The smallest absolute Gasteiger partial charge is 0.176 e. The Bertz CT molecular complexity index is 1090. The van der Waals surface area contributed by atoms with E-state index in [1.54, 1.807) is 28.9 Å². The predicted molar refractivity (Wildman–Crippen MR) is 96.1 cm³/mol. The lowest BCUT2D eigenvalue weighted by atomic mass is 10.2. The topological polar surface area (TPSA) is 52.1 Å². The fourth-order valence-corrected chi connectivity index (χ4v) is 4.38. The van der Waals surface area contributed by atoms with Crippen LogP contribution in [0, 0.1) is 0 Å². The van der Waals surface area contributed by atoms with Crippen LogP contribution in [0.2, 0.25) is 0 Å². The summed E-state index contributed by atoms with van der Waals surface area (Å²) in [5, 5.41) is 7.84. The van der Waals surface area contributed by atoms with Gasteiger partial charge in [-0.1, -0.05) is 23.4 Å². The molecule has 6 heteroatoms. The molecule has 116 valence electrons. The summed E-state index contributed by atoms with van der Waals surface area (Å²) in [6, 6.07) is 16.0. The van der Waals surface area contributed by atoms with Gasteiger partial charge in [0.25, 0.3) is 0 Å². The molecule has 4 heterocycles. The lowest BCUT2D eigenvalue weighted by Gasteiger charge is -1.90. The van der Waals surface area contributed by atoms with Crippen LogP contribution in [0.15, 0.2) is 69.0 Å². The number of hydrogen-bond acceptors (Lipinski definition) is 6. The van der Waals surface area contributed by atoms with Crippen LogP contribution in [0.3, 0.4) is 0 Å². The van der Waals surface area contributed by atoms with Gasteiger partial charge in [-0.05, 0) is 24.3 Å². The molecule has 0 aliphatic rings. The minimum atomic E-state index is 0.778. The fraction of sp³-hybridized carbons (Fsp3) is 0. The van der Waals surface area contributed by atoms with Crippen LogP contribution in [0.4, 0.5) is 0 Å². The van der Waals surface area contributed by atoms with E-state index >= 15 is 0 Å². The summed E-state index contributed by atoms with van der Waals surface area (Å²) >= 11 is 3.25. The molecule has 0 N–H and O–H groups in total. The van der Waals surface area contributed by atoms with Crippen LogP contribution >= 0.6 is 22.7 Å². The van der Waals surface area contributed by atoms with Crippen molar-refractivity contribution < 1.29 is 8.94 Å². The normalized spacial score (nSPS) is 11.3. The Labute approximate surface area is 145 Å². The van der Waals surface area contributed by atoms with E-state index in [-0.39, 0.29) is 0 Å². The second-order valence-electron chi connectivity index (χ2n) is 5.23. The highest BCUT2D eigenvalue weighted by atomic mass is 32.1. The number of thiazole rings is 1. The molecule has 4 nitrogen and oxygen atoms in total. The first-order valence-electron chi connectivity index (χ1n) is 7.32. The van der Waals surface area contributed by atoms with Crippen LogP contribution in [0.25, 0.3) is 42.9 Å². The first-order chi connectivity index (χ1) is 11.9. The summed E-state index contributed by atoms with van der Waals surface area (Å²) < 4.78 is 11.1. The van der Waals surface area contributed by atoms with Crippen LogP contribution in [0.1, 0.15) is 0 Å². The van der Waals surface area contributed by atoms with E-state index in [0.29, 0.717) is 0 Å². The largest absolute Gasteiger partial charge is 0.454 e. The van der Waals surface area contributed by atoms with Gasteiger partial charge >= 0.3 is 0 Å². The van der Waals surface area contributed by atoms with Gasteiger partial charge in [0.1, 0.15) is 16.3 Å². The zero-order valence-electron chi connectivity index (χ0n) is 12.3. The molecule has 0 bridgehead atoms. The van der Waals surface area contributed by atoms with Crippen LogP contribution in [0.5, 0.6) is 0 Å². The van der Waals surface area contributed by atoms with Gasteiger partial charge in [-0.2, -0.15) is 0 Å². The van der Waals surface area contributed by atoms with E-state index in [1.807, 2.05) is 47.8 Å². The second-order valence-corrected chi connectivity index (χ2v) is 7.17. The third kappa shape index (κ3) is 2.28. The monoisotopic (exact) mass is 350 g/mol. The third-order valence-corrected chi connectivity index (χ3v) is 5.79. The molecule has 0 spiro atoms. The molecule has 0 radical (unpaired) electrons. The van der Waals surface area contributed by atoms with Gasteiger partial charge in [0.15, 0.2) is 11.5 Å². The van der Waals surface area contributed by atoms with Crippen molar-refractivity contribution >= 4 is 33.6 Å². The molecule has 0 fully saturated rings. The van der Waals surface area contributed by atoms with E-state index in [1.165, 1.54) is 0 Å². The maximum Gasteiger partial charge on any atom is 0.176 e. The molecule has 1 aromatic carbocycles. The Morgan fingerprint density at radius 3 is 2.71 bits per heavy atom. The van der Waals surface area contributed by atoms with Crippen molar-refractivity contribution in [3.8, 4) is 32.0 Å². The maximum atomic E-state index is 5.89. The molecule has 0 aliphatic heterocycles. The summed E-state index contributed by atoms with van der Waals surface area (Å²) in [6.07, 6.45) is 1.65. The average Bonchev–Trinajstić information content (AvgIpc) is 3.40. The molecule has 0 aliphatic carbocycles.